The van der Waals surface area contributed by atoms with Crippen molar-refractivity contribution in [3.8, 4) is 0 Å². The maximum absolute atomic E-state index is 13.1. The lowest BCUT2D eigenvalue weighted by atomic mass is 10.2. The van der Waals surface area contributed by atoms with Crippen molar-refractivity contribution in [1.29, 1.82) is 0 Å². The van der Waals surface area contributed by atoms with Crippen molar-refractivity contribution in [2.75, 3.05) is 18.4 Å². The maximum atomic E-state index is 13.1. The Hall–Kier alpha value is -3.08. The molecule has 1 amide bonds. The number of hydrogen-bond acceptors (Lipinski definition) is 6. The lowest BCUT2D eigenvalue weighted by Crippen LogP contribution is -2.48. The Morgan fingerprint density at radius 3 is 2.53 bits per heavy atom. The lowest BCUT2D eigenvalue weighted by Gasteiger charge is -2.34. The molecule has 10 heteroatoms. The minimum absolute atomic E-state index is 0.0639. The van der Waals surface area contributed by atoms with Crippen LogP contribution in [0.4, 0.5) is 5.95 Å². The number of aromatic nitrogens is 3. The van der Waals surface area contributed by atoms with Crippen molar-refractivity contribution in [1.82, 2.24) is 19.1 Å². The summed E-state index contributed by atoms with van der Waals surface area (Å²) in [6, 6.07) is 15.7. The molecule has 2 atom stereocenters. The standard InChI is InChI=1S/C22H25N5O4S/c1-16-12-27(13-17(2)31-16)32(29,30)20-10-6-9-19(11-20)21(28)24-22-23-15-26(25-22)14-18-7-4-3-5-8-18/h3-11,15-17H,12-14H2,1-2H3,(H,24,25,28). The van der Waals surface area contributed by atoms with Crippen LogP contribution in [0.1, 0.15) is 29.8 Å². The van der Waals surface area contributed by atoms with E-state index in [4.69, 9.17) is 4.74 Å². The summed E-state index contributed by atoms with van der Waals surface area (Å²) in [7, 11) is -3.75. The molecule has 2 heterocycles. The number of hydrogen-bond donors (Lipinski definition) is 1. The Labute approximate surface area is 187 Å². The summed E-state index contributed by atoms with van der Waals surface area (Å²) >= 11 is 0. The SMILES string of the molecule is CC1CN(S(=O)(=O)c2cccc(C(=O)Nc3ncn(Cc4ccccc4)n3)c2)CC(C)O1. The molecule has 1 fully saturated rings. The summed E-state index contributed by atoms with van der Waals surface area (Å²) in [6.45, 7) is 4.74. The average molecular weight is 456 g/mol. The van der Waals surface area contributed by atoms with Crippen molar-refractivity contribution in [2.24, 2.45) is 0 Å². The molecule has 1 aliphatic heterocycles. The molecule has 1 N–H and O–H groups in total. The first-order valence-electron chi connectivity index (χ1n) is 10.3. The highest BCUT2D eigenvalue weighted by molar-refractivity contribution is 7.89. The van der Waals surface area contributed by atoms with Gasteiger partial charge in [0, 0.05) is 18.7 Å². The summed E-state index contributed by atoms with van der Waals surface area (Å²) in [6.07, 6.45) is 1.14. The lowest BCUT2D eigenvalue weighted by molar-refractivity contribution is -0.0440. The van der Waals surface area contributed by atoms with Gasteiger partial charge in [-0.1, -0.05) is 36.4 Å². The first kappa shape index (κ1) is 22.1. The molecule has 3 aromatic rings. The van der Waals surface area contributed by atoms with E-state index in [1.165, 1.54) is 22.8 Å². The monoisotopic (exact) mass is 455 g/mol. The normalized spacial score (nSPS) is 19.6. The number of amides is 1. The van der Waals surface area contributed by atoms with Gasteiger partial charge >= 0.3 is 0 Å². The Balaban J connectivity index is 1.47. The van der Waals surface area contributed by atoms with E-state index in [-0.39, 0.29) is 41.7 Å². The number of carbonyl (C=O) groups excluding carboxylic acids is 1. The van der Waals surface area contributed by atoms with Crippen molar-refractivity contribution in [2.45, 2.75) is 37.5 Å². The number of anilines is 1. The molecule has 0 bridgehead atoms. The van der Waals surface area contributed by atoms with Gasteiger partial charge in [-0.3, -0.25) is 10.1 Å². The molecule has 0 radical (unpaired) electrons. The van der Waals surface area contributed by atoms with Crippen molar-refractivity contribution in [3.05, 3.63) is 72.1 Å². The molecule has 4 rings (SSSR count). The number of sulfonamides is 1. The predicted molar refractivity (Wildman–Crippen MR) is 119 cm³/mol. The molecular weight excluding hydrogens is 430 g/mol. The van der Waals surface area contributed by atoms with Gasteiger partial charge < -0.3 is 4.74 Å². The van der Waals surface area contributed by atoms with E-state index in [9.17, 15) is 13.2 Å². The van der Waals surface area contributed by atoms with Crippen LogP contribution in [0.3, 0.4) is 0 Å². The van der Waals surface area contributed by atoms with Gasteiger partial charge in [0.1, 0.15) is 6.33 Å². The fourth-order valence-electron chi connectivity index (χ4n) is 3.65. The molecule has 0 saturated carbocycles. The maximum Gasteiger partial charge on any atom is 0.258 e. The van der Waals surface area contributed by atoms with Crippen molar-refractivity contribution >= 4 is 21.9 Å². The molecule has 9 nitrogen and oxygen atoms in total. The van der Waals surface area contributed by atoms with Crippen LogP contribution in [0.2, 0.25) is 0 Å². The number of nitrogens with zero attached hydrogens (tertiary/aromatic N) is 4. The van der Waals surface area contributed by atoms with Crippen LogP contribution in [-0.4, -0.2) is 58.7 Å². The Morgan fingerprint density at radius 2 is 1.81 bits per heavy atom. The Bertz CT molecular complexity index is 1190. The predicted octanol–water partition coefficient (Wildman–Crippen LogP) is 2.38. The van der Waals surface area contributed by atoms with Crippen molar-refractivity contribution in [3.63, 3.8) is 0 Å². The second kappa shape index (κ2) is 9.19. The van der Waals surface area contributed by atoms with Crippen LogP contribution < -0.4 is 5.32 Å². The third kappa shape index (κ3) is 5.04. The van der Waals surface area contributed by atoms with Crippen LogP contribution in [0.25, 0.3) is 0 Å². The summed E-state index contributed by atoms with van der Waals surface area (Å²) in [5.41, 5.74) is 1.26. The van der Waals surface area contributed by atoms with E-state index in [1.54, 1.807) is 16.8 Å². The van der Waals surface area contributed by atoms with Gasteiger partial charge in [-0.15, -0.1) is 5.10 Å². The average Bonchev–Trinajstić information content (AvgIpc) is 3.20. The Morgan fingerprint density at radius 1 is 1.09 bits per heavy atom. The number of rotatable bonds is 6. The van der Waals surface area contributed by atoms with Gasteiger partial charge in [-0.25, -0.2) is 18.1 Å². The van der Waals surface area contributed by atoms with Gasteiger partial charge in [0.2, 0.25) is 16.0 Å². The van der Waals surface area contributed by atoms with Crippen LogP contribution in [0, 0.1) is 0 Å². The number of ether oxygens (including phenoxy) is 1. The molecule has 32 heavy (non-hydrogen) atoms. The largest absolute Gasteiger partial charge is 0.373 e. The zero-order valence-electron chi connectivity index (χ0n) is 17.9. The number of nitrogens with one attached hydrogen (secondary N) is 1. The third-order valence-corrected chi connectivity index (χ3v) is 6.90. The molecule has 0 aliphatic carbocycles. The first-order valence-corrected chi connectivity index (χ1v) is 11.8. The van der Waals surface area contributed by atoms with Gasteiger partial charge in [0.15, 0.2) is 0 Å². The van der Waals surface area contributed by atoms with Crippen LogP contribution in [0.15, 0.2) is 65.8 Å². The van der Waals surface area contributed by atoms with Crippen LogP contribution >= 0.6 is 0 Å². The van der Waals surface area contributed by atoms with E-state index in [2.05, 4.69) is 15.4 Å². The molecule has 1 aliphatic rings. The highest BCUT2D eigenvalue weighted by Gasteiger charge is 2.32. The van der Waals surface area contributed by atoms with Crippen molar-refractivity contribution < 1.29 is 17.9 Å². The molecule has 1 aromatic heterocycles. The van der Waals surface area contributed by atoms with E-state index >= 15 is 0 Å². The second-order valence-electron chi connectivity index (χ2n) is 7.81. The first-order chi connectivity index (χ1) is 15.3. The van der Waals surface area contributed by atoms with Gasteiger partial charge in [0.25, 0.3) is 5.91 Å². The molecule has 168 valence electrons. The molecule has 2 aromatic carbocycles. The van der Waals surface area contributed by atoms with E-state index in [0.717, 1.165) is 5.56 Å². The fourth-order valence-corrected chi connectivity index (χ4v) is 5.28. The highest BCUT2D eigenvalue weighted by Crippen LogP contribution is 2.22. The zero-order chi connectivity index (χ0) is 22.7. The highest BCUT2D eigenvalue weighted by atomic mass is 32.2. The molecule has 1 saturated heterocycles. The second-order valence-corrected chi connectivity index (χ2v) is 9.75. The summed E-state index contributed by atoms with van der Waals surface area (Å²) < 4.78 is 34.8. The van der Waals surface area contributed by atoms with E-state index < -0.39 is 15.9 Å². The summed E-state index contributed by atoms with van der Waals surface area (Å²) in [4.78, 5) is 16.9. The van der Waals surface area contributed by atoms with E-state index in [0.29, 0.717) is 6.54 Å². The molecular formula is C22H25N5O4S. The summed E-state index contributed by atoms with van der Waals surface area (Å²) in [5.74, 6) is -0.335. The zero-order valence-corrected chi connectivity index (χ0v) is 18.7. The summed E-state index contributed by atoms with van der Waals surface area (Å²) in [5, 5.41) is 6.89. The van der Waals surface area contributed by atoms with E-state index in [1.807, 2.05) is 44.2 Å². The fraction of sp³-hybridized carbons (Fsp3) is 0.318. The molecule has 0 spiro atoms. The molecule has 2 unspecified atom stereocenters. The third-order valence-electron chi connectivity index (χ3n) is 5.07. The minimum Gasteiger partial charge on any atom is -0.373 e. The smallest absolute Gasteiger partial charge is 0.258 e. The topological polar surface area (TPSA) is 106 Å². The van der Waals surface area contributed by atoms with Crippen LogP contribution in [-0.2, 0) is 21.3 Å². The number of morpholine rings is 1. The number of benzene rings is 2. The number of carbonyl (C=O) groups is 1. The Kier molecular flexibility index (Phi) is 6.35. The van der Waals surface area contributed by atoms with Gasteiger partial charge in [-0.2, -0.15) is 4.31 Å². The van der Waals surface area contributed by atoms with Gasteiger partial charge in [-0.05, 0) is 37.6 Å². The quantitative estimate of drug-likeness (QED) is 0.612. The minimum atomic E-state index is -3.75. The van der Waals surface area contributed by atoms with Crippen LogP contribution in [0.5, 0.6) is 0 Å². The van der Waals surface area contributed by atoms with Gasteiger partial charge in [0.05, 0.1) is 23.6 Å².